The molecule has 4 rings (SSSR count). The Labute approximate surface area is 231 Å². The van der Waals surface area contributed by atoms with Crippen molar-refractivity contribution in [3.8, 4) is 11.5 Å². The fraction of sp³-hybridized carbons (Fsp3) is 0.276. The molecule has 9 nitrogen and oxygen atoms in total. The number of methoxy groups -OCH3 is 2. The molecule has 1 heterocycles. The second-order valence-corrected chi connectivity index (χ2v) is 9.99. The van der Waals surface area contributed by atoms with Gasteiger partial charge in [0.15, 0.2) is 0 Å². The van der Waals surface area contributed by atoms with Crippen LogP contribution in [0.5, 0.6) is 11.5 Å². The molecule has 1 atom stereocenters. The van der Waals surface area contributed by atoms with Gasteiger partial charge in [-0.05, 0) is 60.5 Å². The number of esters is 1. The third kappa shape index (κ3) is 6.46. The van der Waals surface area contributed by atoms with Crippen LogP contribution in [-0.2, 0) is 16.0 Å². The predicted octanol–water partition coefficient (Wildman–Crippen LogP) is 4.53. The van der Waals surface area contributed by atoms with Gasteiger partial charge in [-0.2, -0.15) is 0 Å². The number of hydrogen-bond donors (Lipinski definition) is 1. The summed E-state index contributed by atoms with van der Waals surface area (Å²) in [6.07, 6.45) is 0.169. The average Bonchev–Trinajstić information content (AvgIpc) is 3.42. The molecule has 3 aromatic rings. The van der Waals surface area contributed by atoms with Crippen LogP contribution in [0.2, 0.25) is 0 Å². The van der Waals surface area contributed by atoms with Crippen LogP contribution in [0.25, 0.3) is 0 Å². The zero-order valence-corrected chi connectivity index (χ0v) is 22.9. The summed E-state index contributed by atoms with van der Waals surface area (Å²) in [5.41, 5.74) is 8.98. The van der Waals surface area contributed by atoms with E-state index in [1.54, 1.807) is 48.2 Å². The lowest BCUT2D eigenvalue weighted by molar-refractivity contribution is -0.131. The molecular weight excluding hydrogens is 518 g/mol. The van der Waals surface area contributed by atoms with Gasteiger partial charge in [0.1, 0.15) is 18.1 Å². The number of thioether (sulfide) groups is 1. The Kier molecular flexibility index (Phi) is 8.98. The van der Waals surface area contributed by atoms with Gasteiger partial charge in [-0.15, -0.1) is 11.8 Å². The largest absolute Gasteiger partial charge is 0.495 e. The van der Waals surface area contributed by atoms with Crippen molar-refractivity contribution in [2.45, 2.75) is 19.4 Å². The monoisotopic (exact) mass is 549 g/mol. The first-order valence-corrected chi connectivity index (χ1v) is 13.5. The molecule has 10 heteroatoms. The van der Waals surface area contributed by atoms with Crippen molar-refractivity contribution < 1.29 is 28.6 Å². The summed E-state index contributed by atoms with van der Waals surface area (Å²) >= 11 is 1.67. The fourth-order valence-electron chi connectivity index (χ4n) is 4.37. The van der Waals surface area contributed by atoms with E-state index in [4.69, 9.17) is 19.9 Å². The van der Waals surface area contributed by atoms with Crippen LogP contribution in [0.15, 0.2) is 66.7 Å². The van der Waals surface area contributed by atoms with Crippen LogP contribution in [0.4, 0.5) is 16.2 Å². The zero-order chi connectivity index (χ0) is 27.9. The summed E-state index contributed by atoms with van der Waals surface area (Å²) < 4.78 is 16.2. The number of aryl methyl sites for hydroxylation is 1. The SMILES string of the molecule is COC(=O)c1ccc(OCC2CSCN2C(=O)Cc2ccc(N(C(N)=O)c3ccccc3C)c(OC)c2)cc1. The molecule has 1 saturated heterocycles. The molecule has 204 valence electrons. The minimum absolute atomic E-state index is 0.0323. The lowest BCUT2D eigenvalue weighted by atomic mass is 10.1. The number of hydrogen-bond acceptors (Lipinski definition) is 7. The van der Waals surface area contributed by atoms with Crippen LogP contribution in [0.1, 0.15) is 21.5 Å². The van der Waals surface area contributed by atoms with Gasteiger partial charge >= 0.3 is 12.0 Å². The maximum Gasteiger partial charge on any atom is 0.337 e. The third-order valence-electron chi connectivity index (χ3n) is 6.44. The highest BCUT2D eigenvalue weighted by Gasteiger charge is 2.30. The van der Waals surface area contributed by atoms with E-state index in [-0.39, 0.29) is 18.4 Å². The summed E-state index contributed by atoms with van der Waals surface area (Å²) in [5, 5.41) is 0. The van der Waals surface area contributed by atoms with E-state index in [0.717, 1.165) is 16.9 Å². The molecule has 0 spiro atoms. The van der Waals surface area contributed by atoms with Gasteiger partial charge in [-0.25, -0.2) is 9.59 Å². The van der Waals surface area contributed by atoms with Crippen LogP contribution >= 0.6 is 11.8 Å². The molecule has 0 bridgehead atoms. The number of ether oxygens (including phenoxy) is 3. The highest BCUT2D eigenvalue weighted by molar-refractivity contribution is 7.99. The lowest BCUT2D eigenvalue weighted by Crippen LogP contribution is -2.41. The van der Waals surface area contributed by atoms with Gasteiger partial charge in [-0.1, -0.05) is 24.3 Å². The van der Waals surface area contributed by atoms with Crippen molar-refractivity contribution in [2.24, 2.45) is 5.73 Å². The number of anilines is 2. The first kappa shape index (κ1) is 27.8. The minimum atomic E-state index is -0.636. The smallest absolute Gasteiger partial charge is 0.337 e. The number of benzene rings is 3. The number of rotatable bonds is 9. The number of carbonyl (C=O) groups is 3. The number of nitrogens with two attached hydrogens (primary N) is 1. The first-order chi connectivity index (χ1) is 18.8. The fourth-order valence-corrected chi connectivity index (χ4v) is 5.57. The molecule has 0 radical (unpaired) electrons. The van der Waals surface area contributed by atoms with E-state index in [9.17, 15) is 14.4 Å². The zero-order valence-electron chi connectivity index (χ0n) is 22.1. The van der Waals surface area contributed by atoms with Crippen LogP contribution in [0.3, 0.4) is 0 Å². The van der Waals surface area contributed by atoms with Crippen LogP contribution in [0, 0.1) is 6.92 Å². The van der Waals surface area contributed by atoms with Crippen LogP contribution < -0.4 is 20.1 Å². The second-order valence-electron chi connectivity index (χ2n) is 8.99. The molecule has 1 fully saturated rings. The molecule has 0 aromatic heterocycles. The van der Waals surface area contributed by atoms with E-state index >= 15 is 0 Å². The van der Waals surface area contributed by atoms with Crippen molar-refractivity contribution >= 4 is 41.0 Å². The summed E-state index contributed by atoms with van der Waals surface area (Å²) in [4.78, 5) is 40.5. The number of nitrogens with zero attached hydrogens (tertiary/aromatic N) is 2. The molecule has 1 unspecified atom stereocenters. The topological polar surface area (TPSA) is 111 Å². The maximum atomic E-state index is 13.3. The van der Waals surface area contributed by atoms with E-state index in [1.165, 1.54) is 19.1 Å². The highest BCUT2D eigenvalue weighted by Crippen LogP contribution is 2.36. The highest BCUT2D eigenvalue weighted by atomic mass is 32.2. The van der Waals surface area contributed by atoms with Gasteiger partial charge in [0.2, 0.25) is 5.91 Å². The third-order valence-corrected chi connectivity index (χ3v) is 7.52. The minimum Gasteiger partial charge on any atom is -0.495 e. The lowest BCUT2D eigenvalue weighted by Gasteiger charge is -2.26. The van der Waals surface area contributed by atoms with Crippen molar-refractivity contribution in [2.75, 3.05) is 37.4 Å². The molecule has 1 aliphatic heterocycles. The molecule has 39 heavy (non-hydrogen) atoms. The Morgan fingerprint density at radius 2 is 1.77 bits per heavy atom. The normalized spacial score (nSPS) is 14.5. The van der Waals surface area contributed by atoms with Gasteiger partial charge in [0.25, 0.3) is 0 Å². The molecule has 0 aliphatic carbocycles. The Morgan fingerprint density at radius 3 is 2.44 bits per heavy atom. The Balaban J connectivity index is 1.44. The molecule has 0 saturated carbocycles. The van der Waals surface area contributed by atoms with Gasteiger partial charge in [0.05, 0.1) is 49.5 Å². The Bertz CT molecular complexity index is 1350. The van der Waals surface area contributed by atoms with Crippen molar-refractivity contribution in [1.29, 1.82) is 0 Å². The number of urea groups is 1. The number of primary amides is 1. The Hall–Kier alpha value is -4.18. The van der Waals surface area contributed by atoms with E-state index in [1.807, 2.05) is 42.2 Å². The van der Waals surface area contributed by atoms with Crippen LogP contribution in [-0.4, -0.2) is 61.3 Å². The summed E-state index contributed by atoms with van der Waals surface area (Å²) in [7, 11) is 2.85. The van der Waals surface area contributed by atoms with Gasteiger partial charge in [-0.3, -0.25) is 9.69 Å². The van der Waals surface area contributed by atoms with Crippen molar-refractivity contribution in [1.82, 2.24) is 4.90 Å². The van der Waals surface area contributed by atoms with E-state index in [0.29, 0.717) is 40.9 Å². The van der Waals surface area contributed by atoms with E-state index in [2.05, 4.69) is 0 Å². The molecule has 2 N–H and O–H groups in total. The maximum absolute atomic E-state index is 13.3. The molecule has 1 aliphatic rings. The van der Waals surface area contributed by atoms with Gasteiger partial charge < -0.3 is 24.8 Å². The average molecular weight is 550 g/mol. The summed E-state index contributed by atoms with van der Waals surface area (Å²) in [5.74, 6) is 1.95. The standard InChI is InChI=1S/C29H31N3O6S/c1-19-6-4-5-7-24(19)32(29(30)35)25-13-8-20(14-26(25)36-2)15-27(33)31-18-39-17-22(31)16-38-23-11-9-21(10-12-23)28(34)37-3/h4-14,22H,15-18H2,1-3H3,(H2,30,35). The second kappa shape index (κ2) is 12.6. The predicted molar refractivity (Wildman–Crippen MR) is 151 cm³/mol. The van der Waals surface area contributed by atoms with Crippen molar-refractivity contribution in [3.05, 3.63) is 83.4 Å². The van der Waals surface area contributed by atoms with E-state index < -0.39 is 12.0 Å². The summed E-state index contributed by atoms with van der Waals surface area (Å²) in [6, 6.07) is 18.7. The molecule has 3 aromatic carbocycles. The first-order valence-electron chi connectivity index (χ1n) is 12.3. The van der Waals surface area contributed by atoms with Gasteiger partial charge in [0, 0.05) is 5.75 Å². The molecular formula is C29H31N3O6S. The Morgan fingerprint density at radius 1 is 1.03 bits per heavy atom. The number of amides is 3. The van der Waals surface area contributed by atoms with Crippen molar-refractivity contribution in [3.63, 3.8) is 0 Å². The quantitative estimate of drug-likeness (QED) is 0.391. The number of para-hydroxylation sites is 1. The molecule has 3 amide bonds. The number of carbonyl (C=O) groups excluding carboxylic acids is 3. The summed E-state index contributed by atoms with van der Waals surface area (Å²) in [6.45, 7) is 2.24.